The minimum absolute atomic E-state index is 0.130. The summed E-state index contributed by atoms with van der Waals surface area (Å²) in [6.45, 7) is 0. The number of hydrogen-bond acceptors (Lipinski definition) is 5. The molecule has 0 bridgehead atoms. The minimum Gasteiger partial charge on any atom is -0.310 e. The molecule has 0 saturated heterocycles. The van der Waals surface area contributed by atoms with Crippen molar-refractivity contribution in [2.45, 2.75) is 12.8 Å². The van der Waals surface area contributed by atoms with Crippen LogP contribution < -0.4 is 10.9 Å². The van der Waals surface area contributed by atoms with Crippen molar-refractivity contribution < 1.29 is 4.79 Å². The number of halogens is 1. The number of anilines is 1. The predicted molar refractivity (Wildman–Crippen MR) is 122 cm³/mol. The molecule has 0 fully saturated rings. The number of rotatable bonds is 7. The van der Waals surface area contributed by atoms with Crippen molar-refractivity contribution in [1.29, 1.82) is 0 Å². The molecule has 152 valence electrons. The molecule has 0 atom stereocenters. The number of alkyl halides is 1. The number of H-pyrrole nitrogens is 1. The number of thiophene rings is 1. The molecule has 0 unspecified atom stereocenters. The lowest BCUT2D eigenvalue weighted by molar-refractivity contribution is -0.116. The molecular formula is C21H18BrN5O2S. The maximum Gasteiger partial charge on any atom is 0.252 e. The smallest absolute Gasteiger partial charge is 0.252 e. The Morgan fingerprint density at radius 3 is 2.70 bits per heavy atom. The zero-order valence-corrected chi connectivity index (χ0v) is 18.2. The van der Waals surface area contributed by atoms with Gasteiger partial charge in [0.15, 0.2) is 0 Å². The molecule has 0 aliphatic heterocycles. The van der Waals surface area contributed by atoms with Crippen LogP contribution in [0.5, 0.6) is 0 Å². The van der Waals surface area contributed by atoms with Crippen LogP contribution in [-0.4, -0.2) is 31.0 Å². The van der Waals surface area contributed by atoms with Crippen LogP contribution in [0.25, 0.3) is 27.8 Å². The lowest BCUT2D eigenvalue weighted by Gasteiger charge is -2.09. The molecule has 0 spiro atoms. The first-order chi connectivity index (χ1) is 14.6. The number of nitrogens with one attached hydrogen (secondary N) is 2. The molecule has 0 saturated carbocycles. The van der Waals surface area contributed by atoms with Gasteiger partial charge in [-0.25, -0.2) is 4.98 Å². The molecule has 4 aromatic rings. The summed E-state index contributed by atoms with van der Waals surface area (Å²) in [5.74, 6) is 0.557. The van der Waals surface area contributed by atoms with E-state index in [0.717, 1.165) is 22.2 Å². The summed E-state index contributed by atoms with van der Waals surface area (Å²) in [4.78, 5) is 33.0. The summed E-state index contributed by atoms with van der Waals surface area (Å²) >= 11 is 4.88. The van der Waals surface area contributed by atoms with Gasteiger partial charge in [-0.1, -0.05) is 52.3 Å². The number of carbonyl (C=O) groups is 1. The van der Waals surface area contributed by atoms with Crippen LogP contribution in [0, 0.1) is 0 Å². The molecule has 3 heterocycles. The Morgan fingerprint density at radius 2 is 1.97 bits per heavy atom. The van der Waals surface area contributed by atoms with E-state index in [-0.39, 0.29) is 17.4 Å². The van der Waals surface area contributed by atoms with E-state index in [2.05, 4.69) is 36.3 Å². The summed E-state index contributed by atoms with van der Waals surface area (Å²) in [7, 11) is 0. The van der Waals surface area contributed by atoms with E-state index < -0.39 is 0 Å². The van der Waals surface area contributed by atoms with E-state index in [1.807, 2.05) is 47.8 Å². The number of carbonyl (C=O) groups excluding carboxylic acids is 1. The number of amides is 1. The van der Waals surface area contributed by atoms with Gasteiger partial charge >= 0.3 is 0 Å². The van der Waals surface area contributed by atoms with Gasteiger partial charge in [-0.05, 0) is 17.9 Å². The van der Waals surface area contributed by atoms with Crippen LogP contribution in [0.4, 0.5) is 5.82 Å². The maximum absolute atomic E-state index is 12.3. The van der Waals surface area contributed by atoms with E-state index >= 15 is 0 Å². The van der Waals surface area contributed by atoms with Gasteiger partial charge in [-0.3, -0.25) is 14.6 Å². The van der Waals surface area contributed by atoms with Gasteiger partial charge in [0.2, 0.25) is 11.9 Å². The molecule has 0 aliphatic rings. The molecule has 7 nitrogen and oxygen atoms in total. The van der Waals surface area contributed by atoms with Gasteiger partial charge in [0.05, 0.1) is 10.6 Å². The van der Waals surface area contributed by atoms with Crippen molar-refractivity contribution in [3.8, 4) is 27.8 Å². The highest BCUT2D eigenvalue weighted by molar-refractivity contribution is 9.09. The van der Waals surface area contributed by atoms with Crippen LogP contribution in [0.3, 0.4) is 0 Å². The van der Waals surface area contributed by atoms with Crippen molar-refractivity contribution in [2.75, 3.05) is 10.6 Å². The average molecular weight is 484 g/mol. The largest absolute Gasteiger partial charge is 0.310 e. The Morgan fingerprint density at radius 1 is 1.13 bits per heavy atom. The zero-order chi connectivity index (χ0) is 20.9. The lowest BCUT2D eigenvalue weighted by Crippen LogP contribution is -2.18. The van der Waals surface area contributed by atoms with Crippen molar-refractivity contribution in [2.24, 2.45) is 0 Å². The molecular weight excluding hydrogens is 466 g/mol. The highest BCUT2D eigenvalue weighted by atomic mass is 79.9. The lowest BCUT2D eigenvalue weighted by atomic mass is 10.1. The summed E-state index contributed by atoms with van der Waals surface area (Å²) < 4.78 is 1.47. The Balaban J connectivity index is 1.78. The molecule has 4 rings (SSSR count). The number of aromatic amines is 1. The van der Waals surface area contributed by atoms with Gasteiger partial charge in [0, 0.05) is 29.4 Å². The normalized spacial score (nSPS) is 10.8. The molecule has 9 heteroatoms. The third-order valence-corrected chi connectivity index (χ3v) is 5.74. The topological polar surface area (TPSA) is 92.7 Å². The van der Waals surface area contributed by atoms with E-state index in [1.54, 1.807) is 17.4 Å². The first-order valence-electron chi connectivity index (χ1n) is 9.31. The molecule has 3 aromatic heterocycles. The fraction of sp³-hybridized carbons (Fsp3) is 0.143. The van der Waals surface area contributed by atoms with E-state index in [9.17, 15) is 9.59 Å². The van der Waals surface area contributed by atoms with Gasteiger partial charge in [0.25, 0.3) is 5.56 Å². The van der Waals surface area contributed by atoms with Crippen molar-refractivity contribution in [3.05, 3.63) is 70.3 Å². The first kappa shape index (κ1) is 20.2. The van der Waals surface area contributed by atoms with Crippen LogP contribution in [0.2, 0.25) is 0 Å². The fourth-order valence-electron chi connectivity index (χ4n) is 2.91. The number of nitrogens with zero attached hydrogens (tertiary/aromatic N) is 3. The Kier molecular flexibility index (Phi) is 6.20. The molecule has 0 aliphatic carbocycles. The van der Waals surface area contributed by atoms with Crippen LogP contribution in [-0.2, 0) is 4.79 Å². The van der Waals surface area contributed by atoms with E-state index in [0.29, 0.717) is 23.6 Å². The first-order valence-corrected chi connectivity index (χ1v) is 11.3. The quantitative estimate of drug-likeness (QED) is 0.379. The SMILES string of the molecule is O=C(CCCBr)Nc1cc(-c2cccs2)nn1-c1nc(-c2ccccc2)cc(=O)[nH]1. The minimum atomic E-state index is -0.302. The summed E-state index contributed by atoms with van der Waals surface area (Å²) in [6.07, 6.45) is 1.09. The van der Waals surface area contributed by atoms with Gasteiger partial charge in [-0.2, -0.15) is 9.78 Å². The highest BCUT2D eigenvalue weighted by Crippen LogP contribution is 2.27. The van der Waals surface area contributed by atoms with Gasteiger partial charge in [0.1, 0.15) is 11.5 Å². The zero-order valence-electron chi connectivity index (χ0n) is 15.8. The monoisotopic (exact) mass is 483 g/mol. The van der Waals surface area contributed by atoms with Gasteiger partial charge < -0.3 is 5.32 Å². The molecule has 1 aromatic carbocycles. The van der Waals surface area contributed by atoms with Crippen molar-refractivity contribution in [1.82, 2.24) is 19.7 Å². The van der Waals surface area contributed by atoms with Crippen LogP contribution in [0.15, 0.2) is 64.8 Å². The standard InChI is InChI=1S/C21H18BrN5O2S/c22-10-4-9-19(28)24-18-12-16(17-8-5-11-30-17)26-27(18)21-23-15(13-20(29)25-21)14-6-2-1-3-7-14/h1-3,5-8,11-13H,4,9-10H2,(H,24,28)(H,23,25,29). The van der Waals surface area contributed by atoms with E-state index in [4.69, 9.17) is 0 Å². The fourth-order valence-corrected chi connectivity index (χ4v) is 3.87. The van der Waals surface area contributed by atoms with Gasteiger partial charge in [-0.15, -0.1) is 11.3 Å². The molecule has 30 heavy (non-hydrogen) atoms. The third kappa shape index (κ3) is 4.58. The Labute approximate surface area is 184 Å². The average Bonchev–Trinajstić information content (AvgIpc) is 3.42. The molecule has 1 amide bonds. The molecule has 0 radical (unpaired) electrons. The van der Waals surface area contributed by atoms with Crippen LogP contribution in [0.1, 0.15) is 12.8 Å². The van der Waals surface area contributed by atoms with Crippen molar-refractivity contribution in [3.63, 3.8) is 0 Å². The van der Waals surface area contributed by atoms with Crippen LogP contribution >= 0.6 is 27.3 Å². The number of aromatic nitrogens is 4. The number of hydrogen-bond donors (Lipinski definition) is 2. The second-order valence-electron chi connectivity index (χ2n) is 6.46. The molecule has 2 N–H and O–H groups in total. The Bertz CT molecular complexity index is 1200. The summed E-state index contributed by atoms with van der Waals surface area (Å²) in [5.41, 5.74) is 1.73. The predicted octanol–water partition coefficient (Wildman–Crippen LogP) is 4.46. The Hall–Kier alpha value is -3.04. The van der Waals surface area contributed by atoms with E-state index in [1.165, 1.54) is 10.7 Å². The highest BCUT2D eigenvalue weighted by Gasteiger charge is 2.16. The second kappa shape index (κ2) is 9.19. The second-order valence-corrected chi connectivity index (χ2v) is 8.21. The summed E-state index contributed by atoms with van der Waals surface area (Å²) in [5, 5.41) is 10.2. The summed E-state index contributed by atoms with van der Waals surface area (Å²) in [6, 6.07) is 16.5. The maximum atomic E-state index is 12.3. The van der Waals surface area contributed by atoms with Crippen molar-refractivity contribution >= 4 is 39.0 Å². The third-order valence-electron chi connectivity index (χ3n) is 4.29. The number of benzene rings is 1.